The number of hydrogen-bond donors (Lipinski definition) is 1. The summed E-state index contributed by atoms with van der Waals surface area (Å²) in [5.41, 5.74) is 1.14. The van der Waals surface area contributed by atoms with Gasteiger partial charge in [-0.2, -0.15) is 9.65 Å². The molecular weight excluding hydrogens is 301 g/mol. The van der Waals surface area contributed by atoms with Crippen LogP contribution >= 0.6 is 0 Å². The van der Waals surface area contributed by atoms with Crippen LogP contribution in [0.4, 0.5) is 4.39 Å². The van der Waals surface area contributed by atoms with Gasteiger partial charge in [-0.05, 0) is 25.0 Å². The number of pyridine rings is 1. The topological polar surface area (TPSA) is 84.2 Å². The number of halogens is 1. The van der Waals surface area contributed by atoms with E-state index in [2.05, 4.69) is 10.3 Å². The number of aromatic nitrogens is 1. The van der Waals surface area contributed by atoms with Crippen LogP contribution < -0.4 is 5.32 Å². The number of carbonyl (C=O) groups excluding carboxylic acids is 1. The predicted molar refractivity (Wildman–Crippen MR) is 81.4 cm³/mol. The Morgan fingerprint density at radius 1 is 1.39 bits per heavy atom. The summed E-state index contributed by atoms with van der Waals surface area (Å²) in [6.45, 7) is 4.90. The lowest BCUT2D eigenvalue weighted by Gasteiger charge is -2.12. The second-order valence-corrected chi connectivity index (χ2v) is 4.49. The van der Waals surface area contributed by atoms with Crippen molar-refractivity contribution in [3.05, 3.63) is 41.1 Å². The van der Waals surface area contributed by atoms with Crippen LogP contribution in [0.2, 0.25) is 0 Å². The number of esters is 1. The highest BCUT2D eigenvalue weighted by molar-refractivity contribution is 5.93. The molecule has 0 bridgehead atoms. The SMILES string of the molecule is CCOCCOC(=O)/C(C#N)=C(/CC)NCc1ccc(F)nc1. The Bertz CT molecular complexity index is 579. The number of nitrogens with zero attached hydrogens (tertiary/aromatic N) is 2. The second-order valence-electron chi connectivity index (χ2n) is 4.49. The van der Waals surface area contributed by atoms with Crippen molar-refractivity contribution in [3.63, 3.8) is 0 Å². The summed E-state index contributed by atoms with van der Waals surface area (Å²) in [5, 5.41) is 12.2. The number of rotatable bonds is 9. The molecule has 1 rings (SSSR count). The number of nitrogens with one attached hydrogen (secondary N) is 1. The first-order valence-electron chi connectivity index (χ1n) is 7.34. The van der Waals surface area contributed by atoms with Crippen LogP contribution in [0.3, 0.4) is 0 Å². The van der Waals surface area contributed by atoms with Crippen LogP contribution in [0, 0.1) is 17.3 Å². The number of nitriles is 1. The molecule has 0 radical (unpaired) electrons. The maximum atomic E-state index is 12.8. The molecule has 1 heterocycles. The van der Waals surface area contributed by atoms with Gasteiger partial charge in [0, 0.05) is 25.0 Å². The third-order valence-corrected chi connectivity index (χ3v) is 2.93. The van der Waals surface area contributed by atoms with E-state index in [0.29, 0.717) is 25.3 Å². The van der Waals surface area contributed by atoms with E-state index >= 15 is 0 Å². The quantitative estimate of drug-likeness (QED) is 0.246. The van der Waals surface area contributed by atoms with Crippen LogP contribution in [-0.2, 0) is 20.8 Å². The molecule has 0 saturated heterocycles. The fourth-order valence-electron chi connectivity index (χ4n) is 1.76. The maximum absolute atomic E-state index is 12.8. The normalized spacial score (nSPS) is 11.4. The lowest BCUT2D eigenvalue weighted by Crippen LogP contribution is -2.20. The van der Waals surface area contributed by atoms with E-state index < -0.39 is 11.9 Å². The number of carbonyl (C=O) groups is 1. The molecule has 0 aliphatic rings. The summed E-state index contributed by atoms with van der Waals surface area (Å²) in [6.07, 6.45) is 1.85. The van der Waals surface area contributed by atoms with Gasteiger partial charge in [0.2, 0.25) is 5.95 Å². The Morgan fingerprint density at radius 3 is 2.74 bits per heavy atom. The zero-order valence-corrected chi connectivity index (χ0v) is 13.3. The molecule has 23 heavy (non-hydrogen) atoms. The molecule has 1 aromatic heterocycles. The highest BCUT2D eigenvalue weighted by Crippen LogP contribution is 2.09. The van der Waals surface area contributed by atoms with Gasteiger partial charge in [0.05, 0.1) is 6.61 Å². The Kier molecular flexibility index (Phi) is 8.32. The zero-order valence-electron chi connectivity index (χ0n) is 13.3. The minimum absolute atomic E-state index is 0.0703. The molecule has 0 aliphatic carbocycles. The van der Waals surface area contributed by atoms with E-state index in [9.17, 15) is 14.4 Å². The molecule has 0 fully saturated rings. The van der Waals surface area contributed by atoms with Crippen LogP contribution in [0.1, 0.15) is 25.8 Å². The van der Waals surface area contributed by atoms with Crippen molar-refractivity contribution in [2.75, 3.05) is 19.8 Å². The van der Waals surface area contributed by atoms with Crippen molar-refractivity contribution in [2.45, 2.75) is 26.8 Å². The average Bonchev–Trinajstić information content (AvgIpc) is 2.56. The molecule has 0 amide bonds. The molecular formula is C16H20FN3O3. The number of hydrogen-bond acceptors (Lipinski definition) is 6. The van der Waals surface area contributed by atoms with Gasteiger partial charge < -0.3 is 14.8 Å². The van der Waals surface area contributed by atoms with Crippen molar-refractivity contribution >= 4 is 5.97 Å². The molecule has 0 aliphatic heterocycles. The van der Waals surface area contributed by atoms with Crippen LogP contribution in [-0.4, -0.2) is 30.8 Å². The third-order valence-electron chi connectivity index (χ3n) is 2.93. The third kappa shape index (κ3) is 6.45. The molecule has 124 valence electrons. The number of ether oxygens (including phenoxy) is 2. The van der Waals surface area contributed by atoms with Gasteiger partial charge in [0.25, 0.3) is 0 Å². The molecule has 7 heteroatoms. The summed E-state index contributed by atoms with van der Waals surface area (Å²) in [7, 11) is 0. The van der Waals surface area contributed by atoms with E-state index in [0.717, 1.165) is 5.56 Å². The summed E-state index contributed by atoms with van der Waals surface area (Å²) in [5.74, 6) is -1.25. The molecule has 1 aromatic rings. The summed E-state index contributed by atoms with van der Waals surface area (Å²) in [4.78, 5) is 15.5. The highest BCUT2D eigenvalue weighted by Gasteiger charge is 2.16. The Hall–Kier alpha value is -2.46. The summed E-state index contributed by atoms with van der Waals surface area (Å²) < 4.78 is 22.8. The standard InChI is InChI=1S/C16H20FN3O3/c1-3-14(19-10-12-5-6-15(17)20-11-12)13(9-18)16(21)23-8-7-22-4-2/h5-6,11,19H,3-4,7-8,10H2,1-2H3/b14-13-. The fourth-order valence-corrected chi connectivity index (χ4v) is 1.76. The molecule has 0 atom stereocenters. The minimum atomic E-state index is -0.686. The molecule has 1 N–H and O–H groups in total. The predicted octanol–water partition coefficient (Wildman–Crippen LogP) is 2.08. The lowest BCUT2D eigenvalue weighted by molar-refractivity contribution is -0.140. The summed E-state index contributed by atoms with van der Waals surface area (Å²) >= 11 is 0. The van der Waals surface area contributed by atoms with Crippen LogP contribution in [0.5, 0.6) is 0 Å². The van der Waals surface area contributed by atoms with Gasteiger partial charge in [0.15, 0.2) is 5.57 Å². The van der Waals surface area contributed by atoms with Gasteiger partial charge in [-0.1, -0.05) is 13.0 Å². The largest absolute Gasteiger partial charge is 0.459 e. The van der Waals surface area contributed by atoms with E-state index in [1.54, 1.807) is 6.07 Å². The molecule has 0 spiro atoms. The summed E-state index contributed by atoms with van der Waals surface area (Å²) in [6, 6.07) is 4.69. The van der Waals surface area contributed by atoms with E-state index in [-0.39, 0.29) is 18.8 Å². The lowest BCUT2D eigenvalue weighted by atomic mass is 10.1. The van der Waals surface area contributed by atoms with E-state index in [4.69, 9.17) is 9.47 Å². The Labute approximate surface area is 134 Å². The smallest absolute Gasteiger partial charge is 0.350 e. The molecule has 0 aromatic carbocycles. The molecule has 0 unspecified atom stereocenters. The average molecular weight is 321 g/mol. The van der Waals surface area contributed by atoms with Gasteiger partial charge >= 0.3 is 5.97 Å². The monoisotopic (exact) mass is 321 g/mol. The van der Waals surface area contributed by atoms with Crippen LogP contribution in [0.15, 0.2) is 29.6 Å². The Morgan fingerprint density at radius 2 is 2.17 bits per heavy atom. The maximum Gasteiger partial charge on any atom is 0.350 e. The van der Waals surface area contributed by atoms with Gasteiger partial charge in [-0.15, -0.1) is 0 Å². The first-order valence-corrected chi connectivity index (χ1v) is 7.34. The van der Waals surface area contributed by atoms with Gasteiger partial charge in [-0.3, -0.25) is 0 Å². The van der Waals surface area contributed by atoms with Crippen molar-refractivity contribution in [1.29, 1.82) is 5.26 Å². The first-order chi connectivity index (χ1) is 11.1. The van der Waals surface area contributed by atoms with E-state index in [1.807, 2.05) is 19.9 Å². The van der Waals surface area contributed by atoms with Gasteiger partial charge in [-0.25, -0.2) is 9.78 Å². The second kappa shape index (κ2) is 10.3. The van der Waals surface area contributed by atoms with Crippen molar-refractivity contribution in [2.24, 2.45) is 0 Å². The van der Waals surface area contributed by atoms with Crippen molar-refractivity contribution in [3.8, 4) is 6.07 Å². The highest BCUT2D eigenvalue weighted by atomic mass is 19.1. The molecule has 0 saturated carbocycles. The van der Waals surface area contributed by atoms with Crippen molar-refractivity contribution in [1.82, 2.24) is 10.3 Å². The zero-order chi connectivity index (χ0) is 17.1. The fraction of sp³-hybridized carbons (Fsp3) is 0.438. The van der Waals surface area contributed by atoms with E-state index in [1.165, 1.54) is 12.3 Å². The number of allylic oxidation sites excluding steroid dienone is 1. The molecule has 6 nitrogen and oxygen atoms in total. The first kappa shape index (κ1) is 18.6. The van der Waals surface area contributed by atoms with Crippen molar-refractivity contribution < 1.29 is 18.7 Å². The van der Waals surface area contributed by atoms with Crippen LogP contribution in [0.25, 0.3) is 0 Å². The minimum Gasteiger partial charge on any atom is -0.459 e. The van der Waals surface area contributed by atoms with Gasteiger partial charge in [0.1, 0.15) is 12.7 Å². The Balaban J connectivity index is 2.68.